The first kappa shape index (κ1) is 14.9. The Balaban J connectivity index is 1.57. The van der Waals surface area contributed by atoms with Crippen molar-refractivity contribution in [1.29, 1.82) is 0 Å². The number of amides is 2. The normalized spacial score (nSPS) is 15.2. The lowest BCUT2D eigenvalue weighted by atomic mass is 10.1. The molecule has 0 aliphatic heterocycles. The summed E-state index contributed by atoms with van der Waals surface area (Å²) >= 11 is 5.92. The predicted molar refractivity (Wildman–Crippen MR) is 88.9 cm³/mol. The van der Waals surface area contributed by atoms with Crippen molar-refractivity contribution in [2.24, 2.45) is 0 Å². The van der Waals surface area contributed by atoms with E-state index in [-0.39, 0.29) is 11.6 Å². The summed E-state index contributed by atoms with van der Waals surface area (Å²) in [4.78, 5) is 12.1. The number of halogens is 1. The highest BCUT2D eigenvalue weighted by Crippen LogP contribution is 2.45. The summed E-state index contributed by atoms with van der Waals surface area (Å²) in [5.41, 5.74) is 3.20. The molecule has 0 bridgehead atoms. The Morgan fingerprint density at radius 3 is 2.32 bits per heavy atom. The van der Waals surface area contributed by atoms with Crippen molar-refractivity contribution < 1.29 is 4.79 Å². The smallest absolute Gasteiger partial charge is 0.315 e. The fourth-order valence-electron chi connectivity index (χ4n) is 2.53. The number of hydrogen-bond donors (Lipinski definition) is 2. The zero-order valence-electron chi connectivity index (χ0n) is 12.5. The van der Waals surface area contributed by atoms with Gasteiger partial charge in [-0.05, 0) is 43.0 Å². The standard InChI is InChI=1S/C18H19ClN2O/c1-13-2-4-14(5-3-13)12-20-17(22)21-18(10-11-18)15-6-8-16(19)9-7-15/h2-9H,10-12H2,1H3,(H2,20,21,22). The summed E-state index contributed by atoms with van der Waals surface area (Å²) in [5, 5.41) is 6.72. The highest BCUT2D eigenvalue weighted by Gasteiger charge is 2.45. The van der Waals surface area contributed by atoms with Crippen molar-refractivity contribution in [1.82, 2.24) is 10.6 Å². The van der Waals surface area contributed by atoms with Gasteiger partial charge in [0.2, 0.25) is 0 Å². The van der Waals surface area contributed by atoms with Crippen LogP contribution in [0.4, 0.5) is 4.79 Å². The monoisotopic (exact) mass is 314 g/mol. The third kappa shape index (κ3) is 3.42. The van der Waals surface area contributed by atoms with E-state index in [1.165, 1.54) is 5.56 Å². The van der Waals surface area contributed by atoms with Crippen LogP contribution in [0.1, 0.15) is 29.5 Å². The summed E-state index contributed by atoms with van der Waals surface area (Å²) in [6.45, 7) is 2.58. The Labute approximate surface area is 135 Å². The van der Waals surface area contributed by atoms with Crippen LogP contribution in [0.2, 0.25) is 5.02 Å². The maximum absolute atomic E-state index is 12.1. The number of rotatable bonds is 4. The minimum absolute atomic E-state index is 0.131. The minimum atomic E-state index is -0.220. The largest absolute Gasteiger partial charge is 0.334 e. The molecule has 2 aromatic carbocycles. The molecule has 2 N–H and O–H groups in total. The molecule has 114 valence electrons. The van der Waals surface area contributed by atoms with Crippen LogP contribution in [-0.2, 0) is 12.1 Å². The van der Waals surface area contributed by atoms with Gasteiger partial charge in [0.25, 0.3) is 0 Å². The van der Waals surface area contributed by atoms with E-state index in [1.54, 1.807) is 0 Å². The third-order valence-electron chi connectivity index (χ3n) is 4.07. The van der Waals surface area contributed by atoms with Gasteiger partial charge in [0.05, 0.1) is 5.54 Å². The number of carbonyl (C=O) groups is 1. The van der Waals surface area contributed by atoms with Gasteiger partial charge in [-0.1, -0.05) is 53.6 Å². The van der Waals surface area contributed by atoms with Gasteiger partial charge < -0.3 is 10.6 Å². The van der Waals surface area contributed by atoms with Crippen molar-refractivity contribution in [2.45, 2.75) is 31.8 Å². The Bertz CT molecular complexity index is 660. The van der Waals surface area contributed by atoms with Crippen molar-refractivity contribution in [3.05, 3.63) is 70.2 Å². The Morgan fingerprint density at radius 2 is 1.73 bits per heavy atom. The van der Waals surface area contributed by atoms with Gasteiger partial charge in [-0.15, -0.1) is 0 Å². The summed E-state index contributed by atoms with van der Waals surface area (Å²) in [6, 6.07) is 15.7. The molecule has 0 heterocycles. The summed E-state index contributed by atoms with van der Waals surface area (Å²) in [6.07, 6.45) is 1.93. The zero-order chi connectivity index (χ0) is 15.6. The van der Waals surface area contributed by atoms with Crippen LogP contribution < -0.4 is 10.6 Å². The molecule has 1 saturated carbocycles. The van der Waals surface area contributed by atoms with Gasteiger partial charge in [-0.3, -0.25) is 0 Å². The number of aryl methyl sites for hydroxylation is 1. The van der Waals surface area contributed by atoms with E-state index in [0.29, 0.717) is 11.6 Å². The number of benzene rings is 2. The Kier molecular flexibility index (Phi) is 4.08. The van der Waals surface area contributed by atoms with E-state index in [9.17, 15) is 4.79 Å². The van der Waals surface area contributed by atoms with Crippen LogP contribution in [0, 0.1) is 6.92 Å². The average Bonchev–Trinajstić information content (AvgIpc) is 3.28. The lowest BCUT2D eigenvalue weighted by molar-refractivity contribution is 0.235. The second kappa shape index (κ2) is 6.01. The predicted octanol–water partition coefficient (Wildman–Crippen LogP) is 4.14. The van der Waals surface area contributed by atoms with Gasteiger partial charge in [0.1, 0.15) is 0 Å². The second-order valence-corrected chi connectivity index (χ2v) is 6.32. The average molecular weight is 315 g/mol. The molecular formula is C18H19ClN2O. The second-order valence-electron chi connectivity index (χ2n) is 5.88. The van der Waals surface area contributed by atoms with Crippen LogP contribution in [0.3, 0.4) is 0 Å². The topological polar surface area (TPSA) is 41.1 Å². The van der Waals surface area contributed by atoms with E-state index >= 15 is 0 Å². The molecule has 4 heteroatoms. The molecule has 0 spiro atoms. The number of hydrogen-bond acceptors (Lipinski definition) is 1. The van der Waals surface area contributed by atoms with Crippen LogP contribution >= 0.6 is 11.6 Å². The zero-order valence-corrected chi connectivity index (χ0v) is 13.3. The first-order valence-electron chi connectivity index (χ1n) is 7.45. The van der Waals surface area contributed by atoms with Crippen LogP contribution in [0.15, 0.2) is 48.5 Å². The van der Waals surface area contributed by atoms with Gasteiger partial charge in [-0.25, -0.2) is 4.79 Å². The molecule has 0 radical (unpaired) electrons. The molecule has 3 rings (SSSR count). The van der Waals surface area contributed by atoms with Gasteiger partial charge in [0, 0.05) is 11.6 Å². The SMILES string of the molecule is Cc1ccc(CNC(=O)NC2(c3ccc(Cl)cc3)CC2)cc1. The number of urea groups is 1. The fourth-order valence-corrected chi connectivity index (χ4v) is 2.66. The summed E-state index contributed by atoms with van der Waals surface area (Å²) in [7, 11) is 0. The minimum Gasteiger partial charge on any atom is -0.334 e. The molecule has 1 fully saturated rings. The van der Waals surface area contributed by atoms with Gasteiger partial charge in [0.15, 0.2) is 0 Å². The van der Waals surface area contributed by atoms with Crippen LogP contribution in [0.25, 0.3) is 0 Å². The summed E-state index contributed by atoms with van der Waals surface area (Å²) < 4.78 is 0. The molecule has 0 unspecified atom stereocenters. The highest BCUT2D eigenvalue weighted by molar-refractivity contribution is 6.30. The van der Waals surface area contributed by atoms with E-state index in [0.717, 1.165) is 24.0 Å². The molecule has 0 saturated heterocycles. The first-order valence-corrected chi connectivity index (χ1v) is 7.83. The number of carbonyl (C=O) groups excluding carboxylic acids is 1. The summed E-state index contributed by atoms with van der Waals surface area (Å²) in [5.74, 6) is 0. The Hall–Kier alpha value is -2.00. The van der Waals surface area contributed by atoms with Crippen molar-refractivity contribution in [3.8, 4) is 0 Å². The van der Waals surface area contributed by atoms with E-state index < -0.39 is 0 Å². The third-order valence-corrected chi connectivity index (χ3v) is 4.33. The fraction of sp³-hybridized carbons (Fsp3) is 0.278. The molecule has 22 heavy (non-hydrogen) atoms. The quantitative estimate of drug-likeness (QED) is 0.875. The molecule has 1 aliphatic rings. The molecule has 0 aromatic heterocycles. The molecule has 2 amide bonds. The lowest BCUT2D eigenvalue weighted by Gasteiger charge is -2.18. The molecule has 0 atom stereocenters. The van der Waals surface area contributed by atoms with E-state index in [1.807, 2.05) is 55.5 Å². The molecule has 2 aromatic rings. The number of nitrogens with one attached hydrogen (secondary N) is 2. The van der Waals surface area contributed by atoms with Crippen LogP contribution in [-0.4, -0.2) is 6.03 Å². The van der Waals surface area contributed by atoms with Gasteiger partial charge in [-0.2, -0.15) is 0 Å². The Morgan fingerprint density at radius 1 is 1.09 bits per heavy atom. The van der Waals surface area contributed by atoms with Crippen molar-refractivity contribution >= 4 is 17.6 Å². The lowest BCUT2D eigenvalue weighted by Crippen LogP contribution is -2.41. The van der Waals surface area contributed by atoms with Gasteiger partial charge >= 0.3 is 6.03 Å². The first-order chi connectivity index (χ1) is 10.6. The van der Waals surface area contributed by atoms with E-state index in [4.69, 9.17) is 11.6 Å². The van der Waals surface area contributed by atoms with Crippen LogP contribution in [0.5, 0.6) is 0 Å². The molecule has 1 aliphatic carbocycles. The molecule has 3 nitrogen and oxygen atoms in total. The maximum atomic E-state index is 12.1. The van der Waals surface area contributed by atoms with Crippen molar-refractivity contribution in [2.75, 3.05) is 0 Å². The molecular weight excluding hydrogens is 296 g/mol. The highest BCUT2D eigenvalue weighted by atomic mass is 35.5. The van der Waals surface area contributed by atoms with E-state index in [2.05, 4.69) is 10.6 Å². The van der Waals surface area contributed by atoms with Crippen molar-refractivity contribution in [3.63, 3.8) is 0 Å². The maximum Gasteiger partial charge on any atom is 0.315 e.